The molecule has 0 fully saturated rings. The van der Waals surface area contributed by atoms with Crippen molar-refractivity contribution in [2.45, 2.75) is 45.5 Å². The van der Waals surface area contributed by atoms with E-state index in [0.29, 0.717) is 11.1 Å². The number of amides is 4. The first-order valence-corrected chi connectivity index (χ1v) is 11.7. The number of nitrogens with one attached hydrogen (secondary N) is 4. The zero-order chi connectivity index (χ0) is 30.8. The topological polar surface area (TPSA) is 141 Å². The lowest BCUT2D eigenvalue weighted by Gasteiger charge is -2.09. The Hall–Kier alpha value is -4.76. The summed E-state index contributed by atoms with van der Waals surface area (Å²) in [5, 5.41) is 11.2. The molecule has 0 aliphatic heterocycles. The number of halogens is 6. The van der Waals surface area contributed by atoms with Crippen molar-refractivity contribution in [1.82, 2.24) is 10.9 Å². The summed E-state index contributed by atoms with van der Waals surface area (Å²) in [4.78, 5) is 46.3. The minimum Gasteiger partial charge on any atom is -0.318 e. The van der Waals surface area contributed by atoms with E-state index in [-0.39, 0.29) is 42.1 Å². The Bertz CT molecular complexity index is 1250. The molecule has 0 heterocycles. The first kappa shape index (κ1) is 32.5. The maximum absolute atomic E-state index is 12.4. The van der Waals surface area contributed by atoms with Crippen molar-refractivity contribution in [2.24, 2.45) is 10.2 Å². The Kier molecular flexibility index (Phi) is 11.1. The molecule has 0 saturated carbocycles. The van der Waals surface area contributed by atoms with Crippen LogP contribution in [0.2, 0.25) is 0 Å². The van der Waals surface area contributed by atoms with Gasteiger partial charge in [0.05, 0.1) is 11.4 Å². The first-order chi connectivity index (χ1) is 19.1. The molecule has 0 radical (unpaired) electrons. The van der Waals surface area contributed by atoms with Crippen LogP contribution in [0.4, 0.5) is 37.7 Å². The van der Waals surface area contributed by atoms with Crippen LogP contribution in [0.1, 0.15) is 44.2 Å². The van der Waals surface area contributed by atoms with Gasteiger partial charge in [-0.2, -0.15) is 36.5 Å². The summed E-state index contributed by atoms with van der Waals surface area (Å²) < 4.78 is 74.6. The molecule has 0 aliphatic rings. The molecule has 2 rings (SSSR count). The fourth-order valence-electron chi connectivity index (χ4n) is 2.99. The van der Waals surface area contributed by atoms with Gasteiger partial charge < -0.3 is 10.6 Å². The third-order valence-corrected chi connectivity index (χ3v) is 5.10. The molecule has 4 N–H and O–H groups in total. The predicted molar refractivity (Wildman–Crippen MR) is 137 cm³/mol. The molecule has 0 unspecified atom stereocenters. The summed E-state index contributed by atoms with van der Waals surface area (Å²) in [6, 6.07) is 10.8. The number of anilines is 2. The van der Waals surface area contributed by atoms with Crippen LogP contribution in [0.5, 0.6) is 0 Å². The lowest BCUT2D eigenvalue weighted by Crippen LogP contribution is -2.30. The molecule has 0 aliphatic carbocycles. The van der Waals surface area contributed by atoms with Gasteiger partial charge in [-0.3, -0.25) is 19.2 Å². The second-order valence-electron chi connectivity index (χ2n) is 8.38. The van der Waals surface area contributed by atoms with Gasteiger partial charge >= 0.3 is 24.2 Å². The number of nitrogens with zero attached hydrogens (tertiary/aromatic N) is 2. The number of carbonyl (C=O) groups excluding carboxylic acids is 4. The molecular formula is C25H24F6N6O4. The van der Waals surface area contributed by atoms with Crippen LogP contribution < -0.4 is 21.5 Å². The van der Waals surface area contributed by atoms with E-state index in [1.54, 1.807) is 10.6 Å². The number of rotatable bonds is 10. The van der Waals surface area contributed by atoms with E-state index in [1.165, 1.54) is 62.4 Å². The van der Waals surface area contributed by atoms with Crippen molar-refractivity contribution in [1.29, 1.82) is 0 Å². The summed E-state index contributed by atoms with van der Waals surface area (Å²) in [5.41, 5.74) is 5.45. The van der Waals surface area contributed by atoms with Gasteiger partial charge in [0.1, 0.15) is 0 Å². The minimum atomic E-state index is -5.05. The molecule has 2 aromatic rings. The lowest BCUT2D eigenvalue weighted by atomic mass is 10.1. The molecule has 0 spiro atoms. The summed E-state index contributed by atoms with van der Waals surface area (Å²) in [6.45, 7) is 2.97. The minimum absolute atomic E-state index is 0.102. The SMILES string of the molecule is C/C(=N\NC(=O)CCCC(=O)N/N=C(\C)c1cccc(NC(=O)C(F)(F)F)c1)c1cccc(NC(=O)C(F)(F)F)c1. The quantitative estimate of drug-likeness (QED) is 0.188. The number of carbonyl (C=O) groups is 4. The maximum atomic E-state index is 12.4. The van der Waals surface area contributed by atoms with Gasteiger partial charge in [0.15, 0.2) is 0 Å². The monoisotopic (exact) mass is 586 g/mol. The first-order valence-electron chi connectivity index (χ1n) is 11.7. The van der Waals surface area contributed by atoms with Gasteiger partial charge in [-0.1, -0.05) is 24.3 Å². The van der Waals surface area contributed by atoms with Crippen LogP contribution in [-0.4, -0.2) is 47.4 Å². The summed E-state index contributed by atoms with van der Waals surface area (Å²) in [7, 11) is 0. The van der Waals surface area contributed by atoms with Crippen molar-refractivity contribution < 1.29 is 45.5 Å². The van der Waals surface area contributed by atoms with Gasteiger partial charge in [0.25, 0.3) is 0 Å². The summed E-state index contributed by atoms with van der Waals surface area (Å²) in [6.07, 6.45) is -10.2. The summed E-state index contributed by atoms with van der Waals surface area (Å²) in [5.74, 6) is -5.36. The van der Waals surface area contributed by atoms with Crippen LogP contribution in [0.25, 0.3) is 0 Å². The standard InChI is InChI=1S/C25H24F6N6O4/c1-14(16-6-3-8-18(12-16)32-22(40)24(26,27)28)34-36-20(38)10-5-11-21(39)37-35-15(2)17-7-4-9-19(13-17)33-23(41)25(29,30)31/h3-4,6-9,12-13H,5,10-11H2,1-2H3,(H,32,40)(H,33,41)(H,36,38)(H,37,39)/b34-14+,35-15+. The fraction of sp³-hybridized carbons (Fsp3) is 0.280. The number of alkyl halides is 6. The van der Waals surface area contributed by atoms with E-state index in [1.807, 2.05) is 0 Å². The Balaban J connectivity index is 1.82. The van der Waals surface area contributed by atoms with Crippen molar-refractivity contribution in [2.75, 3.05) is 10.6 Å². The molecule has 4 amide bonds. The third-order valence-electron chi connectivity index (χ3n) is 5.10. The zero-order valence-corrected chi connectivity index (χ0v) is 21.5. The Labute approximate surface area is 229 Å². The number of benzene rings is 2. The van der Waals surface area contributed by atoms with E-state index < -0.39 is 36.0 Å². The normalized spacial score (nSPS) is 12.4. The fourth-order valence-corrected chi connectivity index (χ4v) is 2.99. The van der Waals surface area contributed by atoms with Gasteiger partial charge in [-0.25, -0.2) is 10.9 Å². The van der Waals surface area contributed by atoms with E-state index in [0.717, 1.165) is 0 Å². The summed E-state index contributed by atoms with van der Waals surface area (Å²) >= 11 is 0. The van der Waals surface area contributed by atoms with Crippen LogP contribution in [-0.2, 0) is 19.2 Å². The molecule has 0 saturated heterocycles. The lowest BCUT2D eigenvalue weighted by molar-refractivity contribution is -0.167. The number of hydrogen-bond donors (Lipinski definition) is 4. The maximum Gasteiger partial charge on any atom is 0.471 e. The number of hydrogen-bond acceptors (Lipinski definition) is 6. The van der Waals surface area contributed by atoms with E-state index in [2.05, 4.69) is 21.1 Å². The van der Waals surface area contributed by atoms with E-state index >= 15 is 0 Å². The average molecular weight is 586 g/mol. The molecule has 0 atom stereocenters. The van der Waals surface area contributed by atoms with Crippen LogP contribution >= 0.6 is 0 Å². The highest BCUT2D eigenvalue weighted by molar-refractivity contribution is 6.02. The van der Waals surface area contributed by atoms with Gasteiger partial charge in [-0.05, 0) is 55.7 Å². The highest BCUT2D eigenvalue weighted by atomic mass is 19.4. The molecule has 2 aromatic carbocycles. The van der Waals surface area contributed by atoms with Crippen molar-refractivity contribution >= 4 is 46.4 Å². The Morgan fingerprint density at radius 1 is 0.659 bits per heavy atom. The van der Waals surface area contributed by atoms with Gasteiger partial charge in [0, 0.05) is 24.2 Å². The molecule has 10 nitrogen and oxygen atoms in total. The number of hydrazone groups is 2. The second-order valence-corrected chi connectivity index (χ2v) is 8.38. The van der Waals surface area contributed by atoms with E-state index in [9.17, 15) is 45.5 Å². The highest BCUT2D eigenvalue weighted by Gasteiger charge is 2.39. The third kappa shape index (κ3) is 11.1. The Morgan fingerprint density at radius 3 is 1.37 bits per heavy atom. The van der Waals surface area contributed by atoms with Crippen LogP contribution in [0.15, 0.2) is 58.7 Å². The van der Waals surface area contributed by atoms with Crippen LogP contribution in [0, 0.1) is 0 Å². The highest BCUT2D eigenvalue weighted by Crippen LogP contribution is 2.20. The largest absolute Gasteiger partial charge is 0.471 e. The molecule has 220 valence electrons. The predicted octanol–water partition coefficient (Wildman–Crippen LogP) is 4.24. The average Bonchev–Trinajstić information content (AvgIpc) is 2.89. The molecule has 0 aromatic heterocycles. The second kappa shape index (κ2) is 14.0. The van der Waals surface area contributed by atoms with Crippen molar-refractivity contribution in [3.05, 3.63) is 59.7 Å². The Morgan fingerprint density at radius 2 is 1.02 bits per heavy atom. The molecule has 0 bridgehead atoms. The zero-order valence-electron chi connectivity index (χ0n) is 21.5. The van der Waals surface area contributed by atoms with Gasteiger partial charge in [0.2, 0.25) is 11.8 Å². The van der Waals surface area contributed by atoms with Crippen molar-refractivity contribution in [3.8, 4) is 0 Å². The molecular weight excluding hydrogens is 562 g/mol. The molecule has 16 heteroatoms. The van der Waals surface area contributed by atoms with Gasteiger partial charge in [-0.15, -0.1) is 0 Å². The van der Waals surface area contributed by atoms with Crippen molar-refractivity contribution in [3.63, 3.8) is 0 Å². The molecule has 41 heavy (non-hydrogen) atoms. The smallest absolute Gasteiger partial charge is 0.318 e. The van der Waals surface area contributed by atoms with E-state index in [4.69, 9.17) is 0 Å². The van der Waals surface area contributed by atoms with Crippen LogP contribution in [0.3, 0.4) is 0 Å².